The lowest BCUT2D eigenvalue weighted by atomic mass is 9.93. The van der Waals surface area contributed by atoms with Gasteiger partial charge in [0.1, 0.15) is 10.8 Å². The molecule has 0 amide bonds. The Morgan fingerprint density at radius 3 is 2.53 bits per heavy atom. The maximum atomic E-state index is 13.1. The lowest BCUT2D eigenvalue weighted by molar-refractivity contribution is 0.573. The second-order valence-electron chi connectivity index (χ2n) is 4.92. The number of aromatic nitrogens is 1. The highest BCUT2D eigenvalue weighted by atomic mass is 79.9. The minimum Gasteiger partial charge on any atom is -0.241 e. The van der Waals surface area contributed by atoms with Crippen molar-refractivity contribution >= 4 is 27.3 Å². The highest BCUT2D eigenvalue weighted by Gasteiger charge is 2.18. The molecule has 0 saturated carbocycles. The molecule has 90 valence electrons. The van der Waals surface area contributed by atoms with Gasteiger partial charge < -0.3 is 0 Å². The van der Waals surface area contributed by atoms with Crippen molar-refractivity contribution in [1.29, 1.82) is 0 Å². The molecule has 1 aromatic heterocycles. The van der Waals surface area contributed by atoms with Gasteiger partial charge in [0.2, 0.25) is 0 Å². The SMILES string of the molecule is CC(C)(C)c1csc(-c2ccc(F)c(Br)c2)n1. The molecule has 0 aliphatic rings. The van der Waals surface area contributed by atoms with Crippen LogP contribution >= 0.6 is 27.3 Å². The van der Waals surface area contributed by atoms with E-state index in [2.05, 4.69) is 47.1 Å². The Hall–Kier alpha value is -0.740. The molecule has 0 unspecified atom stereocenters. The number of halogens is 2. The molecule has 0 bridgehead atoms. The van der Waals surface area contributed by atoms with Gasteiger partial charge in [-0.05, 0) is 34.1 Å². The summed E-state index contributed by atoms with van der Waals surface area (Å²) in [4.78, 5) is 4.60. The molecule has 17 heavy (non-hydrogen) atoms. The zero-order valence-electron chi connectivity index (χ0n) is 9.92. The molecule has 0 radical (unpaired) electrons. The first-order valence-electron chi connectivity index (χ1n) is 5.29. The number of nitrogens with zero attached hydrogens (tertiary/aromatic N) is 1. The first kappa shape index (κ1) is 12.7. The topological polar surface area (TPSA) is 12.9 Å². The second-order valence-corrected chi connectivity index (χ2v) is 6.63. The third-order valence-electron chi connectivity index (χ3n) is 2.44. The molecule has 2 rings (SSSR count). The van der Waals surface area contributed by atoms with Crippen molar-refractivity contribution < 1.29 is 4.39 Å². The monoisotopic (exact) mass is 313 g/mol. The molecule has 1 nitrogen and oxygen atoms in total. The Bertz CT molecular complexity index is 543. The van der Waals surface area contributed by atoms with Crippen molar-refractivity contribution in [1.82, 2.24) is 4.98 Å². The molecule has 0 N–H and O–H groups in total. The molecule has 2 aromatic rings. The van der Waals surface area contributed by atoms with Crippen LogP contribution in [-0.2, 0) is 5.41 Å². The number of hydrogen-bond acceptors (Lipinski definition) is 2. The van der Waals surface area contributed by atoms with Gasteiger partial charge in [-0.15, -0.1) is 11.3 Å². The summed E-state index contributed by atoms with van der Waals surface area (Å²) in [6, 6.07) is 4.98. The van der Waals surface area contributed by atoms with Crippen LogP contribution in [0.3, 0.4) is 0 Å². The van der Waals surface area contributed by atoms with Crippen LogP contribution in [0.4, 0.5) is 4.39 Å². The van der Waals surface area contributed by atoms with Gasteiger partial charge in [-0.25, -0.2) is 9.37 Å². The van der Waals surface area contributed by atoms with Crippen molar-refractivity contribution in [2.45, 2.75) is 26.2 Å². The molecular weight excluding hydrogens is 301 g/mol. The van der Waals surface area contributed by atoms with Crippen LogP contribution in [0.25, 0.3) is 10.6 Å². The van der Waals surface area contributed by atoms with Crippen LogP contribution in [0.5, 0.6) is 0 Å². The molecule has 0 aliphatic heterocycles. The predicted molar refractivity (Wildman–Crippen MR) is 73.9 cm³/mol. The van der Waals surface area contributed by atoms with Crippen LogP contribution in [0.15, 0.2) is 28.1 Å². The first-order valence-corrected chi connectivity index (χ1v) is 6.96. The Morgan fingerprint density at radius 1 is 1.29 bits per heavy atom. The van der Waals surface area contributed by atoms with E-state index in [1.54, 1.807) is 23.5 Å². The van der Waals surface area contributed by atoms with Crippen molar-refractivity contribution in [3.05, 3.63) is 39.6 Å². The highest BCUT2D eigenvalue weighted by molar-refractivity contribution is 9.10. The molecule has 1 heterocycles. The maximum Gasteiger partial charge on any atom is 0.137 e. The molecule has 1 aromatic carbocycles. The third kappa shape index (κ3) is 2.75. The zero-order valence-corrected chi connectivity index (χ0v) is 12.3. The Balaban J connectivity index is 2.40. The third-order valence-corrected chi connectivity index (χ3v) is 3.94. The smallest absolute Gasteiger partial charge is 0.137 e. The van der Waals surface area contributed by atoms with Crippen molar-refractivity contribution in [3.63, 3.8) is 0 Å². The Labute approximate surface area is 113 Å². The van der Waals surface area contributed by atoms with Gasteiger partial charge in [0.15, 0.2) is 0 Å². The van der Waals surface area contributed by atoms with Crippen LogP contribution < -0.4 is 0 Å². The summed E-state index contributed by atoms with van der Waals surface area (Å²) in [6.07, 6.45) is 0. The van der Waals surface area contributed by atoms with E-state index < -0.39 is 0 Å². The summed E-state index contributed by atoms with van der Waals surface area (Å²) < 4.78 is 13.6. The summed E-state index contributed by atoms with van der Waals surface area (Å²) in [7, 11) is 0. The van der Waals surface area contributed by atoms with E-state index >= 15 is 0 Å². The minimum atomic E-state index is -0.249. The number of thiazole rings is 1. The van der Waals surface area contributed by atoms with E-state index in [0.717, 1.165) is 16.3 Å². The highest BCUT2D eigenvalue weighted by Crippen LogP contribution is 2.31. The predicted octanol–water partition coefficient (Wildman–Crippen LogP) is 5.01. The van der Waals surface area contributed by atoms with E-state index in [0.29, 0.717) is 4.47 Å². The molecule has 0 atom stereocenters. The zero-order chi connectivity index (χ0) is 12.6. The number of hydrogen-bond donors (Lipinski definition) is 0. The minimum absolute atomic E-state index is 0.0476. The van der Waals surface area contributed by atoms with E-state index in [1.165, 1.54) is 6.07 Å². The van der Waals surface area contributed by atoms with Crippen LogP contribution in [0.1, 0.15) is 26.5 Å². The lowest BCUT2D eigenvalue weighted by Crippen LogP contribution is -2.11. The fourth-order valence-electron chi connectivity index (χ4n) is 1.38. The second kappa shape index (κ2) is 4.50. The van der Waals surface area contributed by atoms with Crippen LogP contribution in [0.2, 0.25) is 0 Å². The van der Waals surface area contributed by atoms with E-state index in [-0.39, 0.29) is 11.2 Å². The average Bonchev–Trinajstić information content (AvgIpc) is 2.70. The van der Waals surface area contributed by atoms with Gasteiger partial charge in [-0.1, -0.05) is 20.8 Å². The van der Waals surface area contributed by atoms with Gasteiger partial charge in [0, 0.05) is 16.4 Å². The largest absolute Gasteiger partial charge is 0.241 e. The summed E-state index contributed by atoms with van der Waals surface area (Å²) in [5.41, 5.74) is 2.06. The van der Waals surface area contributed by atoms with Crippen molar-refractivity contribution in [2.24, 2.45) is 0 Å². The van der Waals surface area contributed by atoms with Gasteiger partial charge >= 0.3 is 0 Å². The van der Waals surface area contributed by atoms with Gasteiger partial charge in [-0.2, -0.15) is 0 Å². The Morgan fingerprint density at radius 2 is 2.00 bits per heavy atom. The average molecular weight is 314 g/mol. The molecule has 0 spiro atoms. The molecule has 4 heteroatoms. The van der Waals surface area contributed by atoms with Crippen molar-refractivity contribution in [3.8, 4) is 10.6 Å². The van der Waals surface area contributed by atoms with Crippen molar-refractivity contribution in [2.75, 3.05) is 0 Å². The normalized spacial score (nSPS) is 11.8. The summed E-state index contributed by atoms with van der Waals surface area (Å²) in [5.74, 6) is -0.249. The summed E-state index contributed by atoms with van der Waals surface area (Å²) in [5, 5.41) is 2.99. The molecule has 0 saturated heterocycles. The van der Waals surface area contributed by atoms with Gasteiger partial charge in [0.05, 0.1) is 10.2 Å². The van der Waals surface area contributed by atoms with E-state index in [9.17, 15) is 4.39 Å². The molecule has 0 aliphatic carbocycles. The number of benzene rings is 1. The van der Waals surface area contributed by atoms with Gasteiger partial charge in [0.25, 0.3) is 0 Å². The van der Waals surface area contributed by atoms with Gasteiger partial charge in [-0.3, -0.25) is 0 Å². The lowest BCUT2D eigenvalue weighted by Gasteiger charge is -2.14. The fraction of sp³-hybridized carbons (Fsp3) is 0.308. The Kier molecular flexibility index (Phi) is 3.36. The molecular formula is C13H13BrFNS. The summed E-state index contributed by atoms with van der Waals surface area (Å²) >= 11 is 4.78. The fourth-order valence-corrected chi connectivity index (χ4v) is 2.80. The van der Waals surface area contributed by atoms with E-state index in [1.807, 2.05) is 0 Å². The van der Waals surface area contributed by atoms with E-state index in [4.69, 9.17) is 0 Å². The number of rotatable bonds is 1. The first-order chi connectivity index (χ1) is 7.88. The maximum absolute atomic E-state index is 13.1. The van der Waals surface area contributed by atoms with Crippen LogP contribution in [0, 0.1) is 5.82 Å². The van der Waals surface area contributed by atoms with Crippen LogP contribution in [-0.4, -0.2) is 4.98 Å². The standard InChI is InChI=1S/C13H13BrFNS/c1-13(2,3)11-7-17-12(16-11)8-4-5-10(15)9(14)6-8/h4-7H,1-3H3. The quantitative estimate of drug-likeness (QED) is 0.721. The summed E-state index contributed by atoms with van der Waals surface area (Å²) in [6.45, 7) is 6.39. The molecule has 0 fully saturated rings.